The van der Waals surface area contributed by atoms with Gasteiger partial charge in [0.25, 0.3) is 0 Å². The zero-order chi connectivity index (χ0) is 15.0. The minimum Gasteiger partial charge on any atom is -0.376 e. The number of nitrogens with one attached hydrogen (secondary N) is 2. The van der Waals surface area contributed by atoms with Crippen molar-refractivity contribution in [1.29, 1.82) is 0 Å². The van der Waals surface area contributed by atoms with E-state index in [1.807, 2.05) is 6.07 Å². The van der Waals surface area contributed by atoms with Crippen molar-refractivity contribution >= 4 is 17.3 Å². The Morgan fingerprint density at radius 3 is 2.60 bits per heavy atom. The van der Waals surface area contributed by atoms with Gasteiger partial charge in [-0.2, -0.15) is 0 Å². The van der Waals surface area contributed by atoms with Crippen molar-refractivity contribution in [1.82, 2.24) is 5.32 Å². The van der Waals surface area contributed by atoms with Gasteiger partial charge in [0.2, 0.25) is 5.91 Å². The smallest absolute Gasteiger partial charge is 0.239 e. The van der Waals surface area contributed by atoms with Crippen LogP contribution in [0.2, 0.25) is 0 Å². The van der Waals surface area contributed by atoms with Gasteiger partial charge in [-0.15, -0.1) is 6.58 Å². The second kappa shape index (κ2) is 8.25. The number of hydrogen-bond donors (Lipinski definition) is 2. The molecule has 20 heavy (non-hydrogen) atoms. The molecule has 0 aliphatic heterocycles. The summed E-state index contributed by atoms with van der Waals surface area (Å²) in [5, 5.41) is 5.90. The summed E-state index contributed by atoms with van der Waals surface area (Å²) in [6, 6.07) is 6.27. The molecule has 0 radical (unpaired) electrons. The molecule has 0 bridgehead atoms. The molecule has 1 rings (SSSR count). The molecule has 0 unspecified atom stereocenters. The lowest BCUT2D eigenvalue weighted by Gasteiger charge is -2.22. The molecule has 0 aromatic heterocycles. The molecule has 0 aliphatic carbocycles. The zero-order valence-electron chi connectivity index (χ0n) is 12.7. The highest BCUT2D eigenvalue weighted by Gasteiger charge is 2.06. The molecular formula is C16H25N3O. The standard InChI is InChI=1S/C16H25N3O/c1-5-10-17-16(20)12-18-15-9-8-14(11-13(15)4)19(6-2)7-3/h5,8-9,11,18H,1,6-7,10,12H2,2-4H3,(H,17,20). The van der Waals surface area contributed by atoms with Gasteiger partial charge in [0.1, 0.15) is 0 Å². The monoisotopic (exact) mass is 275 g/mol. The van der Waals surface area contributed by atoms with Crippen LogP contribution in [0.5, 0.6) is 0 Å². The first-order chi connectivity index (χ1) is 9.62. The van der Waals surface area contributed by atoms with E-state index < -0.39 is 0 Å². The quantitative estimate of drug-likeness (QED) is 0.717. The van der Waals surface area contributed by atoms with Gasteiger partial charge in [0.15, 0.2) is 0 Å². The van der Waals surface area contributed by atoms with Gasteiger partial charge in [-0.05, 0) is 44.5 Å². The van der Waals surface area contributed by atoms with Crippen LogP contribution in [0, 0.1) is 6.92 Å². The summed E-state index contributed by atoms with van der Waals surface area (Å²) >= 11 is 0. The summed E-state index contributed by atoms with van der Waals surface area (Å²) in [7, 11) is 0. The Kier molecular flexibility index (Phi) is 6.64. The van der Waals surface area contributed by atoms with Crippen molar-refractivity contribution in [3.8, 4) is 0 Å². The molecule has 4 nitrogen and oxygen atoms in total. The highest BCUT2D eigenvalue weighted by molar-refractivity contribution is 5.81. The maximum atomic E-state index is 11.5. The molecule has 4 heteroatoms. The van der Waals surface area contributed by atoms with Crippen LogP contribution < -0.4 is 15.5 Å². The van der Waals surface area contributed by atoms with Crippen LogP contribution in [0.25, 0.3) is 0 Å². The number of hydrogen-bond acceptors (Lipinski definition) is 3. The lowest BCUT2D eigenvalue weighted by atomic mass is 10.1. The molecule has 0 aliphatic rings. The van der Waals surface area contributed by atoms with Crippen molar-refractivity contribution in [3.05, 3.63) is 36.4 Å². The van der Waals surface area contributed by atoms with Gasteiger partial charge < -0.3 is 15.5 Å². The summed E-state index contributed by atoms with van der Waals surface area (Å²) in [5.41, 5.74) is 3.36. The number of carbonyl (C=O) groups excluding carboxylic acids is 1. The fourth-order valence-corrected chi connectivity index (χ4v) is 2.06. The second-order valence-electron chi connectivity index (χ2n) is 4.62. The average Bonchev–Trinajstić information content (AvgIpc) is 2.45. The second-order valence-corrected chi connectivity index (χ2v) is 4.62. The SMILES string of the molecule is C=CCNC(=O)CNc1ccc(N(CC)CC)cc1C. The Morgan fingerprint density at radius 1 is 1.35 bits per heavy atom. The largest absolute Gasteiger partial charge is 0.376 e. The third-order valence-corrected chi connectivity index (χ3v) is 3.22. The number of nitrogens with zero attached hydrogens (tertiary/aromatic N) is 1. The number of anilines is 2. The van der Waals surface area contributed by atoms with Crippen LogP contribution in [0.4, 0.5) is 11.4 Å². The van der Waals surface area contributed by atoms with Gasteiger partial charge in [-0.3, -0.25) is 4.79 Å². The number of amides is 1. The minimum absolute atomic E-state index is 0.0304. The van der Waals surface area contributed by atoms with Crippen LogP contribution in [0.15, 0.2) is 30.9 Å². The van der Waals surface area contributed by atoms with E-state index in [1.54, 1.807) is 6.08 Å². The lowest BCUT2D eigenvalue weighted by molar-refractivity contribution is -0.119. The van der Waals surface area contributed by atoms with Crippen LogP contribution in [0.3, 0.4) is 0 Å². The van der Waals surface area contributed by atoms with Crippen LogP contribution in [-0.4, -0.2) is 32.1 Å². The molecule has 1 amide bonds. The van der Waals surface area contributed by atoms with Crippen LogP contribution >= 0.6 is 0 Å². The first-order valence-electron chi connectivity index (χ1n) is 7.09. The maximum Gasteiger partial charge on any atom is 0.239 e. The molecule has 0 saturated carbocycles. The van der Waals surface area contributed by atoms with Gasteiger partial charge in [-0.1, -0.05) is 6.08 Å². The van der Waals surface area contributed by atoms with Crippen molar-refractivity contribution in [2.45, 2.75) is 20.8 Å². The molecule has 0 saturated heterocycles. The first kappa shape index (κ1) is 16.1. The van der Waals surface area contributed by atoms with E-state index in [2.05, 4.69) is 55.0 Å². The topological polar surface area (TPSA) is 44.4 Å². The Hall–Kier alpha value is -1.97. The molecule has 0 heterocycles. The predicted octanol–water partition coefficient (Wildman–Crippen LogP) is 2.56. The van der Waals surface area contributed by atoms with Gasteiger partial charge in [-0.25, -0.2) is 0 Å². The van der Waals surface area contributed by atoms with Crippen molar-refractivity contribution in [2.24, 2.45) is 0 Å². The summed E-state index contributed by atoms with van der Waals surface area (Å²) in [5.74, 6) is -0.0304. The van der Waals surface area contributed by atoms with Crippen molar-refractivity contribution in [2.75, 3.05) is 36.4 Å². The van der Waals surface area contributed by atoms with Gasteiger partial charge in [0.05, 0.1) is 6.54 Å². The van der Waals surface area contributed by atoms with E-state index in [-0.39, 0.29) is 12.5 Å². The highest BCUT2D eigenvalue weighted by atomic mass is 16.1. The fourth-order valence-electron chi connectivity index (χ4n) is 2.06. The summed E-state index contributed by atoms with van der Waals surface area (Å²) in [4.78, 5) is 13.8. The average molecular weight is 275 g/mol. The van der Waals surface area contributed by atoms with Crippen LogP contribution in [0.1, 0.15) is 19.4 Å². The molecule has 1 aromatic carbocycles. The van der Waals surface area contributed by atoms with E-state index in [4.69, 9.17) is 0 Å². The molecule has 0 fully saturated rings. The number of rotatable bonds is 8. The van der Waals surface area contributed by atoms with Crippen molar-refractivity contribution in [3.63, 3.8) is 0 Å². The Bertz CT molecular complexity index is 453. The molecule has 0 atom stereocenters. The Morgan fingerprint density at radius 2 is 2.05 bits per heavy atom. The molecule has 0 spiro atoms. The fraction of sp³-hybridized carbons (Fsp3) is 0.438. The van der Waals surface area contributed by atoms with E-state index in [1.165, 1.54) is 5.69 Å². The molecule has 110 valence electrons. The van der Waals surface area contributed by atoms with Gasteiger partial charge >= 0.3 is 0 Å². The molecular weight excluding hydrogens is 250 g/mol. The zero-order valence-corrected chi connectivity index (χ0v) is 12.7. The Labute approximate surface area is 121 Å². The van der Waals surface area contributed by atoms with Crippen LogP contribution in [-0.2, 0) is 4.79 Å². The van der Waals surface area contributed by atoms with E-state index in [9.17, 15) is 4.79 Å². The van der Waals surface area contributed by atoms with Gasteiger partial charge in [0, 0.05) is 31.0 Å². The number of carbonyl (C=O) groups is 1. The van der Waals surface area contributed by atoms with E-state index in [0.717, 1.165) is 24.3 Å². The number of aryl methyl sites for hydroxylation is 1. The summed E-state index contributed by atoms with van der Waals surface area (Å²) < 4.78 is 0. The normalized spacial score (nSPS) is 9.95. The predicted molar refractivity (Wildman–Crippen MR) is 86.4 cm³/mol. The number of benzene rings is 1. The van der Waals surface area contributed by atoms with E-state index in [0.29, 0.717) is 6.54 Å². The summed E-state index contributed by atoms with van der Waals surface area (Å²) in [6.07, 6.45) is 1.67. The molecule has 2 N–H and O–H groups in total. The molecule has 1 aromatic rings. The van der Waals surface area contributed by atoms with Crippen molar-refractivity contribution < 1.29 is 4.79 Å². The minimum atomic E-state index is -0.0304. The maximum absolute atomic E-state index is 11.5. The lowest BCUT2D eigenvalue weighted by Crippen LogP contribution is -2.30. The Balaban J connectivity index is 2.64. The summed E-state index contributed by atoms with van der Waals surface area (Å²) in [6.45, 7) is 12.7. The third-order valence-electron chi connectivity index (χ3n) is 3.22. The first-order valence-corrected chi connectivity index (χ1v) is 7.09. The highest BCUT2D eigenvalue weighted by Crippen LogP contribution is 2.22. The third kappa shape index (κ3) is 4.61. The van der Waals surface area contributed by atoms with E-state index >= 15 is 0 Å².